The van der Waals surface area contributed by atoms with E-state index >= 15 is 0 Å². The Balaban J connectivity index is 1.75. The average molecular weight is 304 g/mol. The highest BCUT2D eigenvalue weighted by Crippen LogP contribution is 2.28. The summed E-state index contributed by atoms with van der Waals surface area (Å²) < 4.78 is 0. The fourth-order valence-corrected chi connectivity index (χ4v) is 3.49. The molecule has 0 fully saturated rings. The third-order valence-electron chi connectivity index (χ3n) is 5.04. The Morgan fingerprint density at radius 2 is 1.35 bits per heavy atom. The van der Waals surface area contributed by atoms with E-state index in [9.17, 15) is 0 Å². The molecule has 3 aromatic rings. The van der Waals surface area contributed by atoms with Gasteiger partial charge in [0.15, 0.2) is 0 Å². The van der Waals surface area contributed by atoms with E-state index in [1.54, 1.807) is 0 Å². The van der Waals surface area contributed by atoms with Gasteiger partial charge in [0.05, 0.1) is 0 Å². The zero-order valence-electron chi connectivity index (χ0n) is 14.5. The first-order valence-corrected chi connectivity index (χ1v) is 9.20. The SMILES string of the molecule is CCCCCCCC(C)c1ccc2cc3ccccc3cc2c1. The van der Waals surface area contributed by atoms with Gasteiger partial charge in [0, 0.05) is 0 Å². The molecule has 0 nitrogen and oxygen atoms in total. The van der Waals surface area contributed by atoms with Crippen LogP contribution in [-0.4, -0.2) is 0 Å². The molecule has 0 heterocycles. The van der Waals surface area contributed by atoms with Gasteiger partial charge in [0.1, 0.15) is 0 Å². The van der Waals surface area contributed by atoms with Crippen LogP contribution in [0.3, 0.4) is 0 Å². The van der Waals surface area contributed by atoms with Gasteiger partial charge in [-0.2, -0.15) is 0 Å². The van der Waals surface area contributed by atoms with Crippen LogP contribution in [0, 0.1) is 0 Å². The first-order valence-electron chi connectivity index (χ1n) is 9.20. The van der Waals surface area contributed by atoms with Gasteiger partial charge in [-0.15, -0.1) is 0 Å². The highest BCUT2D eigenvalue weighted by atomic mass is 14.1. The van der Waals surface area contributed by atoms with Gasteiger partial charge in [-0.25, -0.2) is 0 Å². The van der Waals surface area contributed by atoms with E-state index in [1.807, 2.05) is 0 Å². The molecular formula is C23H28. The van der Waals surface area contributed by atoms with Crippen LogP contribution >= 0.6 is 0 Å². The molecule has 0 aliphatic carbocycles. The molecule has 0 N–H and O–H groups in total. The minimum absolute atomic E-state index is 0.660. The average Bonchev–Trinajstić information content (AvgIpc) is 2.59. The van der Waals surface area contributed by atoms with E-state index in [0.717, 1.165) is 0 Å². The van der Waals surface area contributed by atoms with E-state index < -0.39 is 0 Å². The Morgan fingerprint density at radius 1 is 0.696 bits per heavy atom. The van der Waals surface area contributed by atoms with Crippen molar-refractivity contribution >= 4 is 21.5 Å². The standard InChI is InChI=1S/C23H28/c1-3-4-5-6-7-10-18(2)19-13-14-22-16-20-11-8-9-12-21(20)17-23(22)15-19/h8-9,11-18H,3-7,10H2,1-2H3. The first-order chi connectivity index (χ1) is 11.3. The molecular weight excluding hydrogens is 276 g/mol. The van der Waals surface area contributed by atoms with Crippen molar-refractivity contribution in [3.05, 3.63) is 60.2 Å². The minimum atomic E-state index is 0.660. The summed E-state index contributed by atoms with van der Waals surface area (Å²) >= 11 is 0. The fourth-order valence-electron chi connectivity index (χ4n) is 3.49. The summed E-state index contributed by atoms with van der Waals surface area (Å²) in [5.74, 6) is 0.660. The highest BCUT2D eigenvalue weighted by molar-refractivity contribution is 5.98. The molecule has 1 unspecified atom stereocenters. The zero-order valence-corrected chi connectivity index (χ0v) is 14.5. The monoisotopic (exact) mass is 304 g/mol. The summed E-state index contributed by atoms with van der Waals surface area (Å²) in [6, 6.07) is 20.3. The van der Waals surface area contributed by atoms with Crippen LogP contribution in [0.2, 0.25) is 0 Å². The normalized spacial score (nSPS) is 12.8. The van der Waals surface area contributed by atoms with Gasteiger partial charge in [0.25, 0.3) is 0 Å². The molecule has 3 aromatic carbocycles. The van der Waals surface area contributed by atoms with Crippen molar-refractivity contribution in [3.8, 4) is 0 Å². The van der Waals surface area contributed by atoms with Crippen molar-refractivity contribution in [2.45, 2.75) is 58.3 Å². The van der Waals surface area contributed by atoms with Crippen molar-refractivity contribution in [1.82, 2.24) is 0 Å². The van der Waals surface area contributed by atoms with Crippen molar-refractivity contribution < 1.29 is 0 Å². The number of unbranched alkanes of at least 4 members (excludes halogenated alkanes) is 4. The van der Waals surface area contributed by atoms with Crippen LogP contribution in [0.15, 0.2) is 54.6 Å². The third-order valence-corrected chi connectivity index (χ3v) is 5.04. The quantitative estimate of drug-likeness (QED) is 0.314. The van der Waals surface area contributed by atoms with Gasteiger partial charge >= 0.3 is 0 Å². The summed E-state index contributed by atoms with van der Waals surface area (Å²) in [7, 11) is 0. The van der Waals surface area contributed by atoms with Crippen LogP contribution in [0.1, 0.15) is 63.9 Å². The van der Waals surface area contributed by atoms with Gasteiger partial charge in [-0.3, -0.25) is 0 Å². The summed E-state index contributed by atoms with van der Waals surface area (Å²) in [6.07, 6.45) is 8.16. The van der Waals surface area contributed by atoms with Crippen LogP contribution < -0.4 is 0 Å². The van der Waals surface area contributed by atoms with Crippen molar-refractivity contribution in [2.24, 2.45) is 0 Å². The Labute approximate surface area is 140 Å². The van der Waals surface area contributed by atoms with Gasteiger partial charge in [-0.1, -0.05) is 88.4 Å². The molecule has 1 atom stereocenters. The van der Waals surface area contributed by atoms with Crippen molar-refractivity contribution in [3.63, 3.8) is 0 Å². The lowest BCUT2D eigenvalue weighted by atomic mass is 9.92. The molecule has 0 spiro atoms. The lowest BCUT2D eigenvalue weighted by Crippen LogP contribution is -1.94. The number of hydrogen-bond donors (Lipinski definition) is 0. The summed E-state index contributed by atoms with van der Waals surface area (Å²) in [5.41, 5.74) is 1.49. The number of hydrogen-bond acceptors (Lipinski definition) is 0. The topological polar surface area (TPSA) is 0 Å². The van der Waals surface area contributed by atoms with Crippen LogP contribution in [0.25, 0.3) is 21.5 Å². The van der Waals surface area contributed by atoms with Crippen LogP contribution in [0.4, 0.5) is 0 Å². The summed E-state index contributed by atoms with van der Waals surface area (Å²) in [4.78, 5) is 0. The molecule has 0 aliphatic heterocycles. The van der Waals surface area contributed by atoms with E-state index in [0.29, 0.717) is 5.92 Å². The second kappa shape index (κ2) is 7.64. The van der Waals surface area contributed by atoms with Crippen LogP contribution in [-0.2, 0) is 0 Å². The van der Waals surface area contributed by atoms with Crippen LogP contribution in [0.5, 0.6) is 0 Å². The predicted octanol–water partition coefficient (Wildman–Crippen LogP) is 7.46. The van der Waals surface area contributed by atoms with E-state index in [2.05, 4.69) is 68.4 Å². The number of rotatable bonds is 7. The lowest BCUT2D eigenvalue weighted by Gasteiger charge is -2.13. The molecule has 120 valence electrons. The van der Waals surface area contributed by atoms with Crippen molar-refractivity contribution in [1.29, 1.82) is 0 Å². The molecule has 0 bridgehead atoms. The number of benzene rings is 3. The smallest absolute Gasteiger partial charge is 0.0175 e. The zero-order chi connectivity index (χ0) is 16.1. The lowest BCUT2D eigenvalue weighted by molar-refractivity contribution is 0.567. The maximum absolute atomic E-state index is 2.40. The Kier molecular flexibility index (Phi) is 5.33. The molecule has 0 aliphatic rings. The molecule has 0 saturated carbocycles. The molecule has 23 heavy (non-hydrogen) atoms. The molecule has 0 heteroatoms. The second-order valence-corrected chi connectivity index (χ2v) is 6.91. The van der Waals surface area contributed by atoms with E-state index in [-0.39, 0.29) is 0 Å². The molecule has 0 saturated heterocycles. The van der Waals surface area contributed by atoms with E-state index in [1.165, 1.54) is 65.6 Å². The Bertz CT molecular complexity index is 769. The Hall–Kier alpha value is -1.82. The maximum atomic E-state index is 2.40. The molecule has 0 amide bonds. The van der Waals surface area contributed by atoms with Crippen molar-refractivity contribution in [2.75, 3.05) is 0 Å². The minimum Gasteiger partial charge on any atom is -0.0654 e. The predicted molar refractivity (Wildman–Crippen MR) is 103 cm³/mol. The summed E-state index contributed by atoms with van der Waals surface area (Å²) in [6.45, 7) is 4.66. The second-order valence-electron chi connectivity index (χ2n) is 6.91. The molecule has 3 rings (SSSR count). The molecule has 0 aromatic heterocycles. The Morgan fingerprint density at radius 3 is 2.09 bits per heavy atom. The number of fused-ring (bicyclic) bond motifs is 2. The highest BCUT2D eigenvalue weighted by Gasteiger charge is 2.07. The summed E-state index contributed by atoms with van der Waals surface area (Å²) in [5, 5.41) is 5.39. The van der Waals surface area contributed by atoms with Gasteiger partial charge in [0.2, 0.25) is 0 Å². The van der Waals surface area contributed by atoms with Gasteiger partial charge in [-0.05, 0) is 51.6 Å². The third kappa shape index (κ3) is 3.93. The maximum Gasteiger partial charge on any atom is -0.0175 e. The first kappa shape index (κ1) is 16.1. The van der Waals surface area contributed by atoms with E-state index in [4.69, 9.17) is 0 Å². The largest absolute Gasteiger partial charge is 0.0654 e. The molecule has 0 radical (unpaired) electrons. The van der Waals surface area contributed by atoms with Gasteiger partial charge < -0.3 is 0 Å². The fraction of sp³-hybridized carbons (Fsp3) is 0.391.